The summed E-state index contributed by atoms with van der Waals surface area (Å²) in [6, 6.07) is 3.98. The van der Waals surface area contributed by atoms with Gasteiger partial charge in [-0.25, -0.2) is 8.78 Å². The molecule has 2 aliphatic rings. The van der Waals surface area contributed by atoms with Gasteiger partial charge in [-0.3, -0.25) is 0 Å². The third-order valence-electron chi connectivity index (χ3n) is 5.84. The summed E-state index contributed by atoms with van der Waals surface area (Å²) in [5.74, 6) is 1.76. The maximum atomic E-state index is 13.4. The highest BCUT2D eigenvalue weighted by Crippen LogP contribution is 2.37. The van der Waals surface area contributed by atoms with Crippen LogP contribution in [0.4, 0.5) is 8.78 Å². The van der Waals surface area contributed by atoms with Crippen LogP contribution in [0, 0.1) is 29.4 Å². The molecule has 0 radical (unpaired) electrons. The monoisotopic (exact) mass is 318 g/mol. The van der Waals surface area contributed by atoms with Gasteiger partial charge in [0, 0.05) is 6.07 Å². The van der Waals surface area contributed by atoms with Gasteiger partial charge in [0.15, 0.2) is 0 Å². The highest BCUT2D eigenvalue weighted by molar-refractivity contribution is 5.22. The Morgan fingerprint density at radius 1 is 0.739 bits per heavy atom. The van der Waals surface area contributed by atoms with Crippen molar-refractivity contribution in [1.82, 2.24) is 0 Å². The first-order valence-electron chi connectivity index (χ1n) is 9.24. The number of hydrogen-bond acceptors (Lipinski definition) is 0. The Balaban J connectivity index is 1.50. The molecule has 2 aliphatic carbocycles. The van der Waals surface area contributed by atoms with Crippen molar-refractivity contribution in [3.63, 3.8) is 0 Å². The second-order valence-electron chi connectivity index (χ2n) is 7.72. The summed E-state index contributed by atoms with van der Waals surface area (Å²) < 4.78 is 26.7. The van der Waals surface area contributed by atoms with Gasteiger partial charge < -0.3 is 0 Å². The average molecular weight is 318 g/mol. The van der Waals surface area contributed by atoms with E-state index in [0.29, 0.717) is 11.8 Å². The molecule has 0 heterocycles. The summed E-state index contributed by atoms with van der Waals surface area (Å²) >= 11 is 0. The van der Waals surface area contributed by atoms with E-state index in [-0.39, 0.29) is 0 Å². The van der Waals surface area contributed by atoms with Gasteiger partial charge in [0.25, 0.3) is 0 Å². The first-order chi connectivity index (χ1) is 11.1. The zero-order chi connectivity index (χ0) is 16.2. The molecule has 0 spiro atoms. The fraction of sp³-hybridized carbons (Fsp3) is 0.619. The second kappa shape index (κ2) is 7.59. The van der Waals surface area contributed by atoms with E-state index in [4.69, 9.17) is 0 Å². The summed E-state index contributed by atoms with van der Waals surface area (Å²) in [5, 5.41) is 0. The van der Waals surface area contributed by atoms with Crippen molar-refractivity contribution in [1.29, 1.82) is 0 Å². The van der Waals surface area contributed by atoms with Gasteiger partial charge in [0.05, 0.1) is 0 Å². The van der Waals surface area contributed by atoms with Crippen molar-refractivity contribution in [3.05, 3.63) is 47.5 Å². The van der Waals surface area contributed by atoms with Crippen LogP contribution in [0.2, 0.25) is 0 Å². The molecule has 0 nitrogen and oxygen atoms in total. The summed E-state index contributed by atoms with van der Waals surface area (Å²) in [7, 11) is 0. The van der Waals surface area contributed by atoms with Gasteiger partial charge in [0.2, 0.25) is 0 Å². The van der Waals surface area contributed by atoms with E-state index in [9.17, 15) is 8.78 Å². The Bertz CT molecular complexity index is 513. The van der Waals surface area contributed by atoms with Crippen molar-refractivity contribution >= 4 is 0 Å². The summed E-state index contributed by atoms with van der Waals surface area (Å²) in [5.41, 5.74) is 0.839. The molecule has 0 unspecified atom stereocenters. The van der Waals surface area contributed by atoms with E-state index in [0.717, 1.165) is 49.1 Å². The summed E-state index contributed by atoms with van der Waals surface area (Å²) in [6.45, 7) is 2.36. The topological polar surface area (TPSA) is 0 Å². The first-order valence-corrected chi connectivity index (χ1v) is 9.24. The van der Waals surface area contributed by atoms with Crippen LogP contribution in [-0.4, -0.2) is 0 Å². The van der Waals surface area contributed by atoms with Gasteiger partial charge in [-0.05, 0) is 79.9 Å². The van der Waals surface area contributed by atoms with Gasteiger partial charge in [0.1, 0.15) is 11.6 Å². The minimum absolute atomic E-state index is 0.320. The molecule has 0 aliphatic heterocycles. The number of rotatable bonds is 3. The lowest BCUT2D eigenvalue weighted by Gasteiger charge is -2.28. The number of hydrogen-bond donors (Lipinski definition) is 0. The van der Waals surface area contributed by atoms with Crippen molar-refractivity contribution < 1.29 is 8.78 Å². The molecule has 0 bridgehead atoms. The molecular formula is C21H28F2. The molecule has 2 saturated carbocycles. The third-order valence-corrected chi connectivity index (χ3v) is 5.84. The molecule has 2 heteroatoms. The Hall–Kier alpha value is -1.18. The Labute approximate surface area is 139 Å². The van der Waals surface area contributed by atoms with E-state index >= 15 is 0 Å². The minimum Gasteiger partial charge on any atom is -0.207 e. The van der Waals surface area contributed by atoms with E-state index < -0.39 is 11.6 Å². The highest BCUT2D eigenvalue weighted by atomic mass is 19.1. The van der Waals surface area contributed by atoms with E-state index in [2.05, 4.69) is 19.1 Å². The van der Waals surface area contributed by atoms with E-state index in [1.54, 1.807) is 0 Å². The summed E-state index contributed by atoms with van der Waals surface area (Å²) in [6.07, 6.45) is 14.7. The van der Waals surface area contributed by atoms with Crippen LogP contribution in [-0.2, 0) is 0 Å². The minimum atomic E-state index is -0.450. The van der Waals surface area contributed by atoms with Crippen LogP contribution in [0.25, 0.3) is 0 Å². The lowest BCUT2D eigenvalue weighted by molar-refractivity contribution is 0.326. The maximum absolute atomic E-state index is 13.4. The number of allylic oxidation sites excluding steroid dienone is 2. The van der Waals surface area contributed by atoms with Crippen molar-refractivity contribution in [2.24, 2.45) is 17.8 Å². The molecule has 0 amide bonds. The molecule has 0 saturated heterocycles. The molecule has 1 aromatic rings. The molecule has 3 rings (SSSR count). The van der Waals surface area contributed by atoms with Crippen LogP contribution in [0.1, 0.15) is 69.8 Å². The van der Waals surface area contributed by atoms with Crippen molar-refractivity contribution in [3.8, 4) is 0 Å². The fourth-order valence-corrected chi connectivity index (χ4v) is 4.25. The normalized spacial score (nSPS) is 32.3. The lowest BCUT2D eigenvalue weighted by atomic mass is 9.77. The molecule has 23 heavy (non-hydrogen) atoms. The van der Waals surface area contributed by atoms with Crippen LogP contribution >= 0.6 is 0 Å². The Morgan fingerprint density at radius 3 is 1.74 bits per heavy atom. The maximum Gasteiger partial charge on any atom is 0.126 e. The SMILES string of the molecule is CC1CCC(/C=C/C2CCC(c3cc(F)cc(F)c3)CC2)CC1. The first kappa shape index (κ1) is 16.7. The quantitative estimate of drug-likeness (QED) is 0.549. The van der Waals surface area contributed by atoms with Crippen molar-refractivity contribution in [2.75, 3.05) is 0 Å². The zero-order valence-electron chi connectivity index (χ0n) is 14.1. The fourth-order valence-electron chi connectivity index (χ4n) is 4.25. The summed E-state index contributed by atoms with van der Waals surface area (Å²) in [4.78, 5) is 0. The molecule has 1 aromatic carbocycles. The van der Waals surface area contributed by atoms with Gasteiger partial charge >= 0.3 is 0 Å². The predicted octanol–water partition coefficient (Wildman–Crippen LogP) is 6.62. The Morgan fingerprint density at radius 2 is 1.22 bits per heavy atom. The largest absolute Gasteiger partial charge is 0.207 e. The predicted molar refractivity (Wildman–Crippen MR) is 91.3 cm³/mol. The van der Waals surface area contributed by atoms with Gasteiger partial charge in [-0.2, -0.15) is 0 Å². The average Bonchev–Trinajstić information content (AvgIpc) is 2.54. The van der Waals surface area contributed by atoms with Crippen LogP contribution in [0.3, 0.4) is 0 Å². The standard InChI is InChI=1S/C21H28F2/c1-15-2-4-16(5-3-15)6-7-17-8-10-18(11-9-17)19-12-20(22)14-21(23)13-19/h6-7,12-18H,2-5,8-11H2,1H3/b7-6+. The van der Waals surface area contributed by atoms with Crippen LogP contribution in [0.5, 0.6) is 0 Å². The molecule has 0 N–H and O–H groups in total. The molecule has 0 atom stereocenters. The van der Waals surface area contributed by atoms with E-state index in [1.165, 1.54) is 37.8 Å². The zero-order valence-corrected chi connectivity index (χ0v) is 14.1. The number of halogens is 2. The lowest BCUT2D eigenvalue weighted by Crippen LogP contribution is -2.13. The third kappa shape index (κ3) is 4.65. The van der Waals surface area contributed by atoms with Crippen LogP contribution in [0.15, 0.2) is 30.4 Å². The second-order valence-corrected chi connectivity index (χ2v) is 7.72. The van der Waals surface area contributed by atoms with Crippen LogP contribution < -0.4 is 0 Å². The van der Waals surface area contributed by atoms with Gasteiger partial charge in [-0.1, -0.05) is 31.9 Å². The molecular weight excluding hydrogens is 290 g/mol. The van der Waals surface area contributed by atoms with Gasteiger partial charge in [-0.15, -0.1) is 0 Å². The van der Waals surface area contributed by atoms with Crippen molar-refractivity contribution in [2.45, 2.75) is 64.2 Å². The molecule has 126 valence electrons. The Kier molecular flexibility index (Phi) is 5.50. The smallest absolute Gasteiger partial charge is 0.126 e. The molecule has 0 aromatic heterocycles. The molecule has 2 fully saturated rings. The van der Waals surface area contributed by atoms with E-state index in [1.807, 2.05) is 0 Å². The number of benzene rings is 1. The highest BCUT2D eigenvalue weighted by Gasteiger charge is 2.22.